The molecule has 1 aliphatic heterocycles. The molecule has 0 radical (unpaired) electrons. The number of aromatic hydroxyl groups is 1. The van der Waals surface area contributed by atoms with Crippen LogP contribution in [0.25, 0.3) is 33.4 Å². The zero-order valence-corrected chi connectivity index (χ0v) is 39.2. The number of nitrogens with one attached hydrogen (secondary N) is 5. The Morgan fingerprint density at radius 2 is 1.46 bits per heavy atom. The SMILES string of the molecule is O=CO[C@@H](CCC(=O)O)NC(=S)N[C@H](CCC(=O)CCCNC(=O)[C@@H](CC(=O)CCCNC(=S)Nc1ccc(-c2c3ccc(=O)cc-3oc3cc(O)ccc23)c(C(=O)O)c1)Cc1ccccc1)C(=O)O. The molecule has 3 aromatic rings. The monoisotopic (exact) mass is 997 g/mol. The molecule has 0 saturated carbocycles. The van der Waals surface area contributed by atoms with Crippen LogP contribution in [0.4, 0.5) is 5.69 Å². The fourth-order valence-corrected chi connectivity index (χ4v) is 8.03. The number of rotatable bonds is 27. The van der Waals surface area contributed by atoms with Crippen LogP contribution in [-0.4, -0.2) is 97.9 Å². The number of fused-ring (bicyclic) bond motifs is 2. The van der Waals surface area contributed by atoms with E-state index in [0.717, 1.165) is 5.56 Å². The minimum atomic E-state index is -1.30. The van der Waals surface area contributed by atoms with Crippen molar-refractivity contribution in [2.24, 2.45) is 5.92 Å². The Morgan fingerprint density at radius 1 is 0.743 bits per heavy atom. The molecule has 1 heterocycles. The molecule has 0 fully saturated rings. The highest BCUT2D eigenvalue weighted by Gasteiger charge is 2.25. The van der Waals surface area contributed by atoms with Crippen LogP contribution in [0.5, 0.6) is 5.75 Å². The molecule has 0 saturated heterocycles. The Kier molecular flexibility index (Phi) is 19.8. The second kappa shape index (κ2) is 26.1. The highest BCUT2D eigenvalue weighted by Crippen LogP contribution is 2.42. The summed E-state index contributed by atoms with van der Waals surface area (Å²) in [5.41, 5.74) is 2.42. The summed E-state index contributed by atoms with van der Waals surface area (Å²) in [4.78, 5) is 97.6. The number of carboxylic acid groups (broad SMARTS) is 3. The third-order valence-electron chi connectivity index (χ3n) is 10.9. The number of amides is 1. The van der Waals surface area contributed by atoms with Crippen molar-refractivity contribution in [3.8, 4) is 28.2 Å². The van der Waals surface area contributed by atoms with Gasteiger partial charge in [-0.3, -0.25) is 28.8 Å². The molecule has 1 amide bonds. The van der Waals surface area contributed by atoms with Crippen LogP contribution in [0.3, 0.4) is 0 Å². The number of hydrogen-bond donors (Lipinski definition) is 9. The smallest absolute Gasteiger partial charge is 0.336 e. The summed E-state index contributed by atoms with van der Waals surface area (Å²) in [6.45, 7) is 0.509. The van der Waals surface area contributed by atoms with Crippen molar-refractivity contribution >= 4 is 93.2 Å². The molecule has 9 N–H and O–H groups in total. The second-order valence-corrected chi connectivity index (χ2v) is 16.9. The largest absolute Gasteiger partial charge is 0.508 e. The molecule has 0 unspecified atom stereocenters. The van der Waals surface area contributed by atoms with Crippen LogP contribution < -0.4 is 32.0 Å². The lowest BCUT2D eigenvalue weighted by atomic mass is 9.90. The zero-order valence-electron chi connectivity index (χ0n) is 37.6. The van der Waals surface area contributed by atoms with Crippen molar-refractivity contribution in [1.82, 2.24) is 21.3 Å². The van der Waals surface area contributed by atoms with Crippen LogP contribution in [0.1, 0.15) is 73.7 Å². The van der Waals surface area contributed by atoms with Crippen LogP contribution in [-0.2, 0) is 39.9 Å². The molecule has 21 heteroatoms. The minimum Gasteiger partial charge on any atom is -0.508 e. The number of aromatic carboxylic acids is 1. The molecule has 0 aromatic heterocycles. The van der Waals surface area contributed by atoms with Crippen LogP contribution >= 0.6 is 24.4 Å². The van der Waals surface area contributed by atoms with E-state index in [1.165, 1.54) is 30.3 Å². The first kappa shape index (κ1) is 53.2. The topological polar surface area (TPSA) is 300 Å². The number of thiocarbonyl (C=S) groups is 2. The quantitative estimate of drug-likeness (QED) is 0.0105. The maximum Gasteiger partial charge on any atom is 0.336 e. The number of ketones is 2. The number of Topliss-reactive ketones (excluding diaryl/α,β-unsaturated/α-hetero) is 2. The summed E-state index contributed by atoms with van der Waals surface area (Å²) < 4.78 is 10.7. The summed E-state index contributed by atoms with van der Waals surface area (Å²) in [7, 11) is 0. The predicted molar refractivity (Wildman–Crippen MR) is 264 cm³/mol. The fourth-order valence-electron chi connectivity index (χ4n) is 7.53. The van der Waals surface area contributed by atoms with Gasteiger partial charge in [-0.25, -0.2) is 9.59 Å². The lowest BCUT2D eigenvalue weighted by Gasteiger charge is -2.21. The molecular formula is C49H51N5O14S2. The molecule has 0 spiro atoms. The maximum atomic E-state index is 13.4. The standard InChI is InChI=1S/C49H51N5O14S2/c55-27-67-42(18-19-43(60)61)54-49(70)53-39(47(65)66)17-13-31(56)8-4-20-50-45(62)29(22-28-6-2-1-3-7-28)23-32(57)9-5-21-51-48(69)52-30-10-14-35(38(24-30)46(63)64)44-36-15-11-33(58)25-40(36)68-41-26-34(59)12-16-37(41)44/h1-3,6-7,10-12,14-16,24-27,29,39,42,58H,4-5,8-9,13,17-23H2,(H,50,62)(H,60,61)(H,63,64)(H,65,66)(H2,51,52,69)(H2,53,54,70)/t29-,39-,42+/m1/s1. The van der Waals surface area contributed by atoms with Gasteiger partial charge in [-0.15, -0.1) is 0 Å². The number of hydrogen-bond acceptors (Lipinski definition) is 13. The highest BCUT2D eigenvalue weighted by molar-refractivity contribution is 7.80. The molecule has 3 aromatic carbocycles. The number of ether oxygens (including phenoxy) is 1. The van der Waals surface area contributed by atoms with E-state index < -0.39 is 36.1 Å². The van der Waals surface area contributed by atoms with E-state index in [0.29, 0.717) is 40.6 Å². The number of benzene rings is 4. The van der Waals surface area contributed by atoms with E-state index in [2.05, 4.69) is 26.6 Å². The molecule has 1 aliphatic carbocycles. The number of anilines is 1. The predicted octanol–water partition coefficient (Wildman–Crippen LogP) is 5.38. The van der Waals surface area contributed by atoms with Gasteiger partial charge in [-0.2, -0.15) is 0 Å². The number of aliphatic carboxylic acids is 2. The van der Waals surface area contributed by atoms with Gasteiger partial charge in [0, 0.05) is 85.4 Å². The Balaban J connectivity index is 1.09. The number of carbonyl (C=O) groups is 7. The van der Waals surface area contributed by atoms with E-state index in [-0.39, 0.29) is 127 Å². The average Bonchev–Trinajstić information content (AvgIpc) is 3.31. The van der Waals surface area contributed by atoms with Crippen molar-refractivity contribution < 1.29 is 63.1 Å². The first-order valence-corrected chi connectivity index (χ1v) is 22.9. The number of carbonyl (C=O) groups excluding carboxylic acids is 4. The first-order chi connectivity index (χ1) is 33.5. The summed E-state index contributed by atoms with van der Waals surface area (Å²) in [6, 6.07) is 21.2. The van der Waals surface area contributed by atoms with Crippen molar-refractivity contribution in [3.05, 3.63) is 106 Å². The van der Waals surface area contributed by atoms with Gasteiger partial charge in [-0.1, -0.05) is 36.4 Å². The van der Waals surface area contributed by atoms with Gasteiger partial charge in [0.05, 0.1) is 12.0 Å². The Hall–Kier alpha value is -7.78. The van der Waals surface area contributed by atoms with E-state index in [4.69, 9.17) is 38.7 Å². The van der Waals surface area contributed by atoms with Crippen molar-refractivity contribution in [3.63, 3.8) is 0 Å². The summed E-state index contributed by atoms with van der Waals surface area (Å²) in [5.74, 6) is -5.01. The maximum absolute atomic E-state index is 13.4. The molecule has 70 heavy (non-hydrogen) atoms. The molecule has 3 atom stereocenters. The summed E-state index contributed by atoms with van der Waals surface area (Å²) in [5, 5.41) is 53.3. The van der Waals surface area contributed by atoms with Gasteiger partial charge in [0.15, 0.2) is 21.9 Å². The molecule has 368 valence electrons. The Morgan fingerprint density at radius 3 is 2.16 bits per heavy atom. The van der Waals surface area contributed by atoms with Gasteiger partial charge >= 0.3 is 17.9 Å². The molecular weight excluding hydrogens is 947 g/mol. The fraction of sp³-hybridized carbons (Fsp3) is 0.306. The minimum absolute atomic E-state index is 0.0367. The normalized spacial score (nSPS) is 12.2. The van der Waals surface area contributed by atoms with Crippen molar-refractivity contribution in [1.29, 1.82) is 0 Å². The number of carboxylic acids is 3. The lowest BCUT2D eigenvalue weighted by Crippen LogP contribution is -2.49. The van der Waals surface area contributed by atoms with Crippen LogP contribution in [0.2, 0.25) is 0 Å². The van der Waals surface area contributed by atoms with Crippen LogP contribution in [0, 0.1) is 5.92 Å². The molecule has 0 bridgehead atoms. The summed E-state index contributed by atoms with van der Waals surface area (Å²) >= 11 is 10.6. The molecule has 5 rings (SSSR count). The van der Waals surface area contributed by atoms with Crippen molar-refractivity contribution in [2.45, 2.75) is 76.5 Å². The number of phenols is 1. The van der Waals surface area contributed by atoms with Crippen LogP contribution in [0.15, 0.2) is 94.1 Å². The Labute approximate surface area is 411 Å². The first-order valence-electron chi connectivity index (χ1n) is 22.1. The third-order valence-corrected chi connectivity index (χ3v) is 11.4. The van der Waals surface area contributed by atoms with E-state index in [1.807, 2.05) is 30.3 Å². The van der Waals surface area contributed by atoms with Crippen molar-refractivity contribution in [2.75, 3.05) is 18.4 Å². The zero-order chi connectivity index (χ0) is 50.7. The van der Waals surface area contributed by atoms with Gasteiger partial charge in [0.1, 0.15) is 34.7 Å². The summed E-state index contributed by atoms with van der Waals surface area (Å²) in [6.07, 6.45) is -0.829. The third kappa shape index (κ3) is 16.2. The lowest BCUT2D eigenvalue weighted by molar-refractivity contribution is -0.141. The molecule has 2 aliphatic rings. The van der Waals surface area contributed by atoms with Gasteiger partial charge in [0.25, 0.3) is 6.47 Å². The van der Waals surface area contributed by atoms with Gasteiger partial charge in [-0.05, 0) is 97.6 Å². The van der Waals surface area contributed by atoms with E-state index in [1.54, 1.807) is 24.3 Å². The van der Waals surface area contributed by atoms with Gasteiger partial charge < -0.3 is 56.2 Å². The molecule has 19 nitrogen and oxygen atoms in total. The second-order valence-electron chi connectivity index (χ2n) is 16.1. The van der Waals surface area contributed by atoms with E-state index >= 15 is 0 Å². The van der Waals surface area contributed by atoms with Gasteiger partial charge in [0.2, 0.25) is 5.91 Å². The average molecular weight is 998 g/mol. The Bertz CT molecular complexity index is 2770. The van der Waals surface area contributed by atoms with E-state index in [9.17, 15) is 53.7 Å². The number of phenolic OH excluding ortho intramolecular Hbond substituents is 1. The highest BCUT2D eigenvalue weighted by atomic mass is 32.1.